The number of carbonyl (C=O) groups is 2. The van der Waals surface area contributed by atoms with Crippen LogP contribution in [0.4, 0.5) is 5.69 Å². The molecule has 0 radical (unpaired) electrons. The van der Waals surface area contributed by atoms with Crippen LogP contribution < -0.4 is 5.32 Å². The average molecular weight is 256 g/mol. The van der Waals surface area contributed by atoms with E-state index in [-0.39, 0.29) is 24.1 Å². The van der Waals surface area contributed by atoms with Gasteiger partial charge in [0.2, 0.25) is 5.91 Å². The minimum absolute atomic E-state index is 0.0220. The number of rotatable bonds is 1. The van der Waals surface area contributed by atoms with Gasteiger partial charge in [-0.05, 0) is 23.8 Å². The third-order valence-electron chi connectivity index (χ3n) is 3.01. The molecule has 0 aliphatic carbocycles. The first kappa shape index (κ1) is 11.5. The smallest absolute Gasteiger partial charge is 0.290 e. The molecule has 2 amide bonds. The van der Waals surface area contributed by atoms with Gasteiger partial charge in [0.15, 0.2) is 5.76 Å². The monoisotopic (exact) mass is 256 g/mol. The van der Waals surface area contributed by atoms with Crippen molar-refractivity contribution in [1.82, 2.24) is 4.90 Å². The molecule has 0 saturated carbocycles. The quantitative estimate of drug-likeness (QED) is 0.847. The zero-order valence-corrected chi connectivity index (χ0v) is 10.1. The Bertz CT molecular complexity index is 619. The molecule has 2 aromatic rings. The van der Waals surface area contributed by atoms with Crippen molar-refractivity contribution in [1.29, 1.82) is 0 Å². The summed E-state index contributed by atoms with van der Waals surface area (Å²) in [7, 11) is 0. The predicted octanol–water partition coefficient (Wildman–Crippen LogP) is 1.87. The van der Waals surface area contributed by atoms with Crippen LogP contribution in [-0.2, 0) is 11.3 Å². The summed E-state index contributed by atoms with van der Waals surface area (Å²) in [5, 5.41) is 2.79. The second kappa shape index (κ2) is 4.61. The molecule has 5 heteroatoms. The van der Waals surface area contributed by atoms with Crippen molar-refractivity contribution in [3.8, 4) is 0 Å². The maximum Gasteiger partial charge on any atom is 0.290 e. The number of para-hydroxylation sites is 1. The molecule has 0 unspecified atom stereocenters. The van der Waals surface area contributed by atoms with Gasteiger partial charge in [-0.25, -0.2) is 0 Å². The van der Waals surface area contributed by atoms with Gasteiger partial charge in [-0.15, -0.1) is 0 Å². The van der Waals surface area contributed by atoms with Crippen molar-refractivity contribution in [2.45, 2.75) is 6.54 Å². The summed E-state index contributed by atoms with van der Waals surface area (Å²) in [4.78, 5) is 25.5. The van der Waals surface area contributed by atoms with E-state index in [1.807, 2.05) is 24.3 Å². The van der Waals surface area contributed by atoms with Gasteiger partial charge < -0.3 is 14.6 Å². The second-order valence-electron chi connectivity index (χ2n) is 4.34. The van der Waals surface area contributed by atoms with Crippen molar-refractivity contribution in [3.05, 3.63) is 54.0 Å². The maximum absolute atomic E-state index is 12.2. The van der Waals surface area contributed by atoms with Gasteiger partial charge in [-0.1, -0.05) is 18.2 Å². The van der Waals surface area contributed by atoms with Crippen LogP contribution in [0.1, 0.15) is 16.1 Å². The van der Waals surface area contributed by atoms with E-state index in [2.05, 4.69) is 5.32 Å². The predicted molar refractivity (Wildman–Crippen MR) is 68.5 cm³/mol. The molecule has 1 aliphatic rings. The van der Waals surface area contributed by atoms with E-state index < -0.39 is 0 Å². The Morgan fingerprint density at radius 1 is 1.16 bits per heavy atom. The first-order valence-electron chi connectivity index (χ1n) is 5.94. The third-order valence-corrected chi connectivity index (χ3v) is 3.01. The number of benzene rings is 1. The Labute approximate surface area is 109 Å². The van der Waals surface area contributed by atoms with Crippen molar-refractivity contribution in [2.75, 3.05) is 11.9 Å². The summed E-state index contributed by atoms with van der Waals surface area (Å²) in [6, 6.07) is 10.7. The van der Waals surface area contributed by atoms with E-state index in [4.69, 9.17) is 4.42 Å². The van der Waals surface area contributed by atoms with E-state index in [0.717, 1.165) is 11.3 Å². The van der Waals surface area contributed by atoms with Crippen LogP contribution in [0, 0.1) is 0 Å². The number of furan rings is 1. The zero-order chi connectivity index (χ0) is 13.2. The highest BCUT2D eigenvalue weighted by Gasteiger charge is 2.25. The first-order chi connectivity index (χ1) is 9.24. The average Bonchev–Trinajstić information content (AvgIpc) is 2.87. The number of nitrogens with zero attached hydrogens (tertiary/aromatic N) is 1. The molecule has 1 aromatic carbocycles. The van der Waals surface area contributed by atoms with Crippen molar-refractivity contribution < 1.29 is 14.0 Å². The van der Waals surface area contributed by atoms with E-state index in [1.54, 1.807) is 12.1 Å². The van der Waals surface area contributed by atoms with Crippen molar-refractivity contribution in [2.24, 2.45) is 0 Å². The summed E-state index contributed by atoms with van der Waals surface area (Å²) < 4.78 is 5.09. The van der Waals surface area contributed by atoms with Crippen molar-refractivity contribution in [3.63, 3.8) is 0 Å². The van der Waals surface area contributed by atoms with Crippen molar-refractivity contribution >= 4 is 17.5 Å². The topological polar surface area (TPSA) is 62.6 Å². The van der Waals surface area contributed by atoms with Crippen LogP contribution >= 0.6 is 0 Å². The van der Waals surface area contributed by atoms with Crippen LogP contribution in [0.15, 0.2) is 47.1 Å². The van der Waals surface area contributed by atoms with Gasteiger partial charge in [0.1, 0.15) is 6.54 Å². The molecule has 0 atom stereocenters. The van der Waals surface area contributed by atoms with Gasteiger partial charge in [-0.2, -0.15) is 0 Å². The fraction of sp³-hybridized carbons (Fsp3) is 0.143. The van der Waals surface area contributed by atoms with Crippen LogP contribution in [0.2, 0.25) is 0 Å². The molecule has 0 spiro atoms. The molecule has 1 aromatic heterocycles. The number of hydrogen-bond donors (Lipinski definition) is 1. The molecular formula is C14H12N2O3. The Balaban J connectivity index is 1.92. The molecule has 1 N–H and O–H groups in total. The highest BCUT2D eigenvalue weighted by atomic mass is 16.3. The number of hydrogen-bond acceptors (Lipinski definition) is 3. The van der Waals surface area contributed by atoms with Gasteiger partial charge in [0.05, 0.1) is 6.26 Å². The minimum Gasteiger partial charge on any atom is -0.459 e. The molecule has 1 aliphatic heterocycles. The molecule has 5 nitrogen and oxygen atoms in total. The van der Waals surface area contributed by atoms with E-state index in [1.165, 1.54) is 11.2 Å². The molecule has 0 fully saturated rings. The molecule has 0 bridgehead atoms. The summed E-state index contributed by atoms with van der Waals surface area (Å²) >= 11 is 0. The van der Waals surface area contributed by atoms with Crippen LogP contribution in [-0.4, -0.2) is 23.3 Å². The van der Waals surface area contributed by atoms with E-state index in [9.17, 15) is 9.59 Å². The van der Waals surface area contributed by atoms with Gasteiger partial charge in [0, 0.05) is 12.2 Å². The lowest BCUT2D eigenvalue weighted by atomic mass is 10.1. The number of fused-ring (bicyclic) bond motifs is 1. The largest absolute Gasteiger partial charge is 0.459 e. The Hall–Kier alpha value is -2.56. The Kier molecular flexibility index (Phi) is 2.79. The Morgan fingerprint density at radius 3 is 2.79 bits per heavy atom. The fourth-order valence-corrected chi connectivity index (χ4v) is 2.10. The van der Waals surface area contributed by atoms with Gasteiger partial charge in [-0.3, -0.25) is 9.59 Å². The maximum atomic E-state index is 12.2. The van der Waals surface area contributed by atoms with Gasteiger partial charge in [0.25, 0.3) is 5.91 Å². The molecule has 2 heterocycles. The highest BCUT2D eigenvalue weighted by Crippen LogP contribution is 2.21. The lowest BCUT2D eigenvalue weighted by Gasteiger charge is -2.17. The zero-order valence-electron chi connectivity index (χ0n) is 10.1. The summed E-state index contributed by atoms with van der Waals surface area (Å²) in [5.41, 5.74) is 1.66. The lowest BCUT2D eigenvalue weighted by molar-refractivity contribution is -0.116. The van der Waals surface area contributed by atoms with Crippen LogP contribution in [0.5, 0.6) is 0 Å². The molecule has 3 rings (SSSR count). The Morgan fingerprint density at radius 2 is 2.00 bits per heavy atom. The van der Waals surface area contributed by atoms with Crippen LogP contribution in [0.25, 0.3) is 0 Å². The normalized spacial score (nSPS) is 14.5. The fourth-order valence-electron chi connectivity index (χ4n) is 2.10. The standard InChI is InChI=1S/C14H12N2O3/c17-13-9-16(14(18)12-6-3-7-19-12)8-10-4-1-2-5-11(10)15-13/h1-7H,8-9H2,(H,15,17). The SMILES string of the molecule is O=C1CN(C(=O)c2ccco2)Cc2ccccc2N1. The van der Waals surface area contributed by atoms with E-state index >= 15 is 0 Å². The molecule has 96 valence electrons. The second-order valence-corrected chi connectivity index (χ2v) is 4.34. The minimum atomic E-state index is -0.281. The molecular weight excluding hydrogens is 244 g/mol. The summed E-state index contributed by atoms with van der Waals surface area (Å²) in [6.45, 7) is 0.405. The molecule has 0 saturated heterocycles. The number of amides is 2. The lowest BCUT2D eigenvalue weighted by Crippen LogP contribution is -2.35. The number of anilines is 1. The summed E-state index contributed by atoms with van der Waals surface area (Å²) in [5.74, 6) is -0.242. The highest BCUT2D eigenvalue weighted by molar-refractivity contribution is 5.99. The number of nitrogens with one attached hydrogen (secondary N) is 1. The number of carbonyl (C=O) groups excluding carboxylic acids is 2. The molecule has 19 heavy (non-hydrogen) atoms. The summed E-state index contributed by atoms with van der Waals surface area (Å²) in [6.07, 6.45) is 1.44. The van der Waals surface area contributed by atoms with Crippen LogP contribution in [0.3, 0.4) is 0 Å². The third kappa shape index (κ3) is 2.22. The van der Waals surface area contributed by atoms with Gasteiger partial charge >= 0.3 is 0 Å². The first-order valence-corrected chi connectivity index (χ1v) is 5.94. The van der Waals surface area contributed by atoms with E-state index in [0.29, 0.717) is 6.54 Å².